The van der Waals surface area contributed by atoms with Crippen molar-refractivity contribution in [2.24, 2.45) is 5.41 Å². The van der Waals surface area contributed by atoms with E-state index in [1.54, 1.807) is 0 Å². The molecule has 3 nitrogen and oxygen atoms in total. The van der Waals surface area contributed by atoms with Gasteiger partial charge in [-0.15, -0.1) is 0 Å². The number of rotatable bonds is 4. The summed E-state index contributed by atoms with van der Waals surface area (Å²) in [7, 11) is 0. The van der Waals surface area contributed by atoms with E-state index in [1.165, 1.54) is 0 Å². The first-order chi connectivity index (χ1) is 5.64. The summed E-state index contributed by atoms with van der Waals surface area (Å²) in [6.45, 7) is 6.72. The maximum Gasteiger partial charge on any atom is 0.0457 e. The van der Waals surface area contributed by atoms with Gasteiger partial charge < -0.3 is 15.7 Å². The Bertz CT molecular complexity index is 130. The third kappa shape index (κ3) is 3.09. The molecule has 3 N–H and O–H groups in total. The van der Waals surface area contributed by atoms with Crippen molar-refractivity contribution in [2.45, 2.75) is 32.7 Å². The molecule has 1 saturated heterocycles. The molecular weight excluding hydrogens is 152 g/mol. The first-order valence-electron chi connectivity index (χ1n) is 4.69. The Hall–Kier alpha value is -0.120. The van der Waals surface area contributed by atoms with Crippen LogP contribution < -0.4 is 10.6 Å². The second-order valence-electron chi connectivity index (χ2n) is 4.37. The minimum absolute atomic E-state index is 0.262. The Morgan fingerprint density at radius 1 is 1.50 bits per heavy atom. The van der Waals surface area contributed by atoms with E-state index >= 15 is 0 Å². The molecule has 1 rings (SSSR count). The summed E-state index contributed by atoms with van der Waals surface area (Å²) in [5, 5.41) is 15.5. The Balaban J connectivity index is 2.27. The third-order valence-corrected chi connectivity index (χ3v) is 2.49. The van der Waals surface area contributed by atoms with Crippen LogP contribution in [0.4, 0.5) is 0 Å². The molecule has 72 valence electrons. The molecule has 0 bridgehead atoms. The quantitative estimate of drug-likeness (QED) is 0.571. The molecule has 0 aromatic rings. The lowest BCUT2D eigenvalue weighted by Gasteiger charge is -2.26. The number of aliphatic hydroxyl groups excluding tert-OH is 1. The van der Waals surface area contributed by atoms with Gasteiger partial charge in [0.1, 0.15) is 0 Å². The maximum absolute atomic E-state index is 8.84. The van der Waals surface area contributed by atoms with Crippen molar-refractivity contribution in [1.82, 2.24) is 10.6 Å². The standard InChI is InChI=1S/C9H20N2O/c1-9(2,3-4-12)5-8-6-10-7-11-8/h8,10-12H,3-7H2,1-2H3/t8-/m0/s1. The molecule has 0 aromatic carbocycles. The van der Waals surface area contributed by atoms with Crippen LogP contribution in [0.3, 0.4) is 0 Å². The molecular formula is C9H20N2O. The molecule has 0 amide bonds. The van der Waals surface area contributed by atoms with E-state index in [0.29, 0.717) is 12.6 Å². The summed E-state index contributed by atoms with van der Waals surface area (Å²) < 4.78 is 0. The highest BCUT2D eigenvalue weighted by Gasteiger charge is 2.24. The van der Waals surface area contributed by atoms with Crippen molar-refractivity contribution in [3.8, 4) is 0 Å². The van der Waals surface area contributed by atoms with Crippen LogP contribution in [0.15, 0.2) is 0 Å². The van der Waals surface area contributed by atoms with E-state index in [2.05, 4.69) is 24.5 Å². The number of aliphatic hydroxyl groups is 1. The lowest BCUT2D eigenvalue weighted by atomic mass is 9.83. The average Bonchev–Trinajstić information content (AvgIpc) is 2.38. The molecule has 1 aliphatic rings. The van der Waals surface area contributed by atoms with Crippen LogP contribution >= 0.6 is 0 Å². The fraction of sp³-hybridized carbons (Fsp3) is 1.00. The van der Waals surface area contributed by atoms with Gasteiger partial charge in [0.15, 0.2) is 0 Å². The fourth-order valence-corrected chi connectivity index (χ4v) is 1.75. The van der Waals surface area contributed by atoms with Crippen LogP contribution in [0, 0.1) is 5.41 Å². The van der Waals surface area contributed by atoms with E-state index in [9.17, 15) is 0 Å². The van der Waals surface area contributed by atoms with Gasteiger partial charge in [-0.2, -0.15) is 0 Å². The monoisotopic (exact) mass is 172 g/mol. The molecule has 0 aliphatic carbocycles. The number of hydrogen-bond acceptors (Lipinski definition) is 3. The summed E-state index contributed by atoms with van der Waals surface area (Å²) in [5.74, 6) is 0. The van der Waals surface area contributed by atoms with Gasteiger partial charge in [0.2, 0.25) is 0 Å². The van der Waals surface area contributed by atoms with Crippen molar-refractivity contribution in [1.29, 1.82) is 0 Å². The fourth-order valence-electron chi connectivity index (χ4n) is 1.75. The average molecular weight is 172 g/mol. The Labute approximate surface area is 74.5 Å². The normalized spacial score (nSPS) is 24.8. The highest BCUT2D eigenvalue weighted by atomic mass is 16.3. The molecule has 12 heavy (non-hydrogen) atoms. The smallest absolute Gasteiger partial charge is 0.0457 e. The molecule has 1 atom stereocenters. The minimum Gasteiger partial charge on any atom is -0.396 e. The molecule has 1 fully saturated rings. The topological polar surface area (TPSA) is 44.3 Å². The van der Waals surface area contributed by atoms with Gasteiger partial charge in [-0.3, -0.25) is 0 Å². The van der Waals surface area contributed by atoms with Crippen LogP contribution in [0.5, 0.6) is 0 Å². The van der Waals surface area contributed by atoms with Gasteiger partial charge in [0.05, 0.1) is 0 Å². The van der Waals surface area contributed by atoms with Gasteiger partial charge in [0, 0.05) is 25.9 Å². The second kappa shape index (κ2) is 4.21. The number of hydrogen-bond donors (Lipinski definition) is 3. The van der Waals surface area contributed by atoms with Crippen molar-refractivity contribution < 1.29 is 5.11 Å². The van der Waals surface area contributed by atoms with Gasteiger partial charge in [-0.05, 0) is 18.3 Å². The van der Waals surface area contributed by atoms with Crippen molar-refractivity contribution in [3.05, 3.63) is 0 Å². The van der Waals surface area contributed by atoms with Gasteiger partial charge in [0.25, 0.3) is 0 Å². The highest BCUT2D eigenvalue weighted by Crippen LogP contribution is 2.26. The molecule has 0 radical (unpaired) electrons. The zero-order valence-electron chi connectivity index (χ0n) is 8.06. The van der Waals surface area contributed by atoms with E-state index < -0.39 is 0 Å². The Morgan fingerprint density at radius 3 is 2.75 bits per heavy atom. The summed E-state index contributed by atoms with van der Waals surface area (Å²) in [4.78, 5) is 0. The second-order valence-corrected chi connectivity index (χ2v) is 4.37. The van der Waals surface area contributed by atoms with Crippen molar-refractivity contribution in [2.75, 3.05) is 19.8 Å². The lowest BCUT2D eigenvalue weighted by Crippen LogP contribution is -2.30. The first-order valence-corrected chi connectivity index (χ1v) is 4.69. The van der Waals surface area contributed by atoms with Gasteiger partial charge in [-0.1, -0.05) is 13.8 Å². The summed E-state index contributed by atoms with van der Waals surface area (Å²) in [5.41, 5.74) is 0.262. The van der Waals surface area contributed by atoms with E-state index in [1.807, 2.05) is 0 Å². The molecule has 0 unspecified atom stereocenters. The minimum atomic E-state index is 0.262. The zero-order valence-corrected chi connectivity index (χ0v) is 8.06. The maximum atomic E-state index is 8.84. The van der Waals surface area contributed by atoms with Crippen LogP contribution in [-0.4, -0.2) is 31.0 Å². The largest absolute Gasteiger partial charge is 0.396 e. The molecule has 0 saturated carbocycles. The summed E-state index contributed by atoms with van der Waals surface area (Å²) in [6, 6.07) is 0.589. The predicted molar refractivity (Wildman–Crippen MR) is 49.9 cm³/mol. The van der Waals surface area contributed by atoms with Crippen LogP contribution in [0.25, 0.3) is 0 Å². The molecule has 1 heterocycles. The molecule has 1 aliphatic heterocycles. The SMILES string of the molecule is CC(C)(CCO)C[C@H]1CNCN1. The van der Waals surface area contributed by atoms with E-state index in [-0.39, 0.29) is 5.41 Å². The Kier molecular flexibility index (Phi) is 3.50. The van der Waals surface area contributed by atoms with Crippen molar-refractivity contribution in [3.63, 3.8) is 0 Å². The first kappa shape index (κ1) is 9.96. The van der Waals surface area contributed by atoms with Crippen LogP contribution in [-0.2, 0) is 0 Å². The lowest BCUT2D eigenvalue weighted by molar-refractivity contribution is 0.192. The highest BCUT2D eigenvalue weighted by molar-refractivity contribution is 4.82. The summed E-state index contributed by atoms with van der Waals surface area (Å²) >= 11 is 0. The van der Waals surface area contributed by atoms with Crippen LogP contribution in [0.1, 0.15) is 26.7 Å². The Morgan fingerprint density at radius 2 is 2.25 bits per heavy atom. The molecule has 3 heteroatoms. The van der Waals surface area contributed by atoms with Crippen molar-refractivity contribution >= 4 is 0 Å². The van der Waals surface area contributed by atoms with Gasteiger partial charge >= 0.3 is 0 Å². The molecule has 0 spiro atoms. The summed E-state index contributed by atoms with van der Waals surface area (Å²) in [6.07, 6.45) is 2.03. The zero-order chi connectivity index (χ0) is 9.03. The van der Waals surface area contributed by atoms with Gasteiger partial charge in [-0.25, -0.2) is 0 Å². The van der Waals surface area contributed by atoms with E-state index in [4.69, 9.17) is 5.11 Å². The third-order valence-electron chi connectivity index (χ3n) is 2.49. The number of nitrogens with one attached hydrogen (secondary N) is 2. The predicted octanol–water partition coefficient (Wildman–Crippen LogP) is 0.304. The van der Waals surface area contributed by atoms with E-state index in [0.717, 1.165) is 26.1 Å². The molecule has 0 aromatic heterocycles. The van der Waals surface area contributed by atoms with Crippen LogP contribution in [0.2, 0.25) is 0 Å².